The third-order valence-electron chi connectivity index (χ3n) is 2.52. The number of carboxylic acids is 1. The summed E-state index contributed by atoms with van der Waals surface area (Å²) in [5.41, 5.74) is 1.21. The minimum atomic E-state index is -1.03. The summed E-state index contributed by atoms with van der Waals surface area (Å²) >= 11 is 1.31. The molecule has 0 aromatic heterocycles. The van der Waals surface area contributed by atoms with Gasteiger partial charge in [0, 0.05) is 6.08 Å². The minimum Gasteiger partial charge on any atom is -0.478 e. The lowest BCUT2D eigenvalue weighted by atomic mass is 10.2. The van der Waals surface area contributed by atoms with Crippen LogP contribution in [0, 0.1) is 0 Å². The number of carbonyl (C=O) groups is 3. The molecule has 0 radical (unpaired) electrons. The summed E-state index contributed by atoms with van der Waals surface area (Å²) < 4.78 is 0. The molecule has 1 fully saturated rings. The van der Waals surface area contributed by atoms with Gasteiger partial charge in [0.1, 0.15) is 0 Å². The molecule has 1 aliphatic heterocycles. The van der Waals surface area contributed by atoms with Crippen LogP contribution in [0.2, 0.25) is 0 Å². The molecule has 1 N–H and O–H groups in total. The highest BCUT2D eigenvalue weighted by Gasteiger charge is 2.27. The van der Waals surface area contributed by atoms with Gasteiger partial charge < -0.3 is 5.11 Å². The predicted octanol–water partition coefficient (Wildman–Crippen LogP) is 1.39. The van der Waals surface area contributed by atoms with Crippen LogP contribution in [0.1, 0.15) is 5.56 Å². The number of hydrogen-bond donors (Lipinski definition) is 1. The van der Waals surface area contributed by atoms with Crippen molar-refractivity contribution in [2.75, 3.05) is 16.4 Å². The van der Waals surface area contributed by atoms with Gasteiger partial charge in [-0.3, -0.25) is 9.59 Å². The Kier molecular flexibility index (Phi) is 4.01. The van der Waals surface area contributed by atoms with Gasteiger partial charge in [0.2, 0.25) is 11.8 Å². The first-order chi connectivity index (χ1) is 9.08. The standard InChI is InChI=1S/C13H11NO4S/c15-11-7-19-8-12(16)14(11)10-4-1-9(2-5-10)3-6-13(17)18/h1-6H,7-8H2,(H,17,18)/b6-3+. The molecule has 6 heteroatoms. The van der Waals surface area contributed by atoms with E-state index in [-0.39, 0.29) is 11.8 Å². The number of rotatable bonds is 3. The van der Waals surface area contributed by atoms with Crippen LogP contribution in [0.5, 0.6) is 0 Å². The van der Waals surface area contributed by atoms with Crippen molar-refractivity contribution in [1.82, 2.24) is 0 Å². The van der Waals surface area contributed by atoms with Gasteiger partial charge in [-0.1, -0.05) is 12.1 Å². The summed E-state index contributed by atoms with van der Waals surface area (Å²) in [5.74, 6) is -0.883. The highest BCUT2D eigenvalue weighted by atomic mass is 32.2. The molecule has 0 bridgehead atoms. The summed E-state index contributed by atoms with van der Waals surface area (Å²) in [7, 11) is 0. The topological polar surface area (TPSA) is 74.7 Å². The van der Waals surface area contributed by atoms with Crippen molar-refractivity contribution in [2.45, 2.75) is 0 Å². The molecule has 0 unspecified atom stereocenters. The highest BCUT2D eigenvalue weighted by molar-refractivity contribution is 8.00. The summed E-state index contributed by atoms with van der Waals surface area (Å²) in [6.07, 6.45) is 2.48. The van der Waals surface area contributed by atoms with E-state index in [1.165, 1.54) is 22.7 Å². The summed E-state index contributed by atoms with van der Waals surface area (Å²) in [5, 5.41) is 8.52. The first kappa shape index (κ1) is 13.4. The highest BCUT2D eigenvalue weighted by Crippen LogP contribution is 2.22. The maximum Gasteiger partial charge on any atom is 0.328 e. The Hall–Kier alpha value is -2.08. The minimum absolute atomic E-state index is 0.227. The molecular formula is C13H11NO4S. The van der Waals surface area contributed by atoms with Crippen molar-refractivity contribution in [1.29, 1.82) is 0 Å². The molecule has 1 saturated heterocycles. The monoisotopic (exact) mass is 277 g/mol. The zero-order chi connectivity index (χ0) is 13.8. The van der Waals surface area contributed by atoms with E-state index in [9.17, 15) is 14.4 Å². The molecule has 1 aromatic rings. The number of hydrogen-bond acceptors (Lipinski definition) is 4. The van der Waals surface area contributed by atoms with Crippen LogP contribution in [0.25, 0.3) is 6.08 Å². The number of imide groups is 1. The largest absolute Gasteiger partial charge is 0.478 e. The van der Waals surface area contributed by atoms with E-state index in [0.29, 0.717) is 22.8 Å². The van der Waals surface area contributed by atoms with Crippen LogP contribution in [0.4, 0.5) is 5.69 Å². The second kappa shape index (κ2) is 5.71. The number of nitrogens with zero attached hydrogens (tertiary/aromatic N) is 1. The third-order valence-corrected chi connectivity index (χ3v) is 3.42. The van der Waals surface area contributed by atoms with Gasteiger partial charge in [-0.25, -0.2) is 9.69 Å². The van der Waals surface area contributed by atoms with Crippen LogP contribution in [-0.4, -0.2) is 34.4 Å². The zero-order valence-corrected chi connectivity index (χ0v) is 10.7. The summed E-state index contributed by atoms with van der Waals surface area (Å²) in [6.45, 7) is 0. The molecule has 1 heterocycles. The van der Waals surface area contributed by atoms with Gasteiger partial charge in [-0.05, 0) is 23.8 Å². The third kappa shape index (κ3) is 3.23. The quantitative estimate of drug-likeness (QED) is 0.667. The molecule has 0 spiro atoms. The van der Waals surface area contributed by atoms with Crippen molar-refractivity contribution in [3.05, 3.63) is 35.9 Å². The Balaban J connectivity index is 2.20. The molecule has 2 amide bonds. The lowest BCUT2D eigenvalue weighted by Gasteiger charge is -2.24. The van der Waals surface area contributed by atoms with Crippen LogP contribution < -0.4 is 4.90 Å². The Labute approximate surface area is 113 Å². The molecule has 19 heavy (non-hydrogen) atoms. The molecule has 1 aromatic carbocycles. The van der Waals surface area contributed by atoms with Crippen LogP contribution in [0.15, 0.2) is 30.3 Å². The fourth-order valence-electron chi connectivity index (χ4n) is 1.68. The lowest BCUT2D eigenvalue weighted by Crippen LogP contribution is -2.43. The number of thioether (sulfide) groups is 1. The average molecular weight is 277 g/mol. The first-order valence-electron chi connectivity index (χ1n) is 5.52. The Morgan fingerprint density at radius 2 is 1.74 bits per heavy atom. The van der Waals surface area contributed by atoms with Gasteiger partial charge in [-0.2, -0.15) is 0 Å². The van der Waals surface area contributed by atoms with Crippen LogP contribution >= 0.6 is 11.8 Å². The molecule has 98 valence electrons. The molecular weight excluding hydrogens is 266 g/mol. The van der Waals surface area contributed by atoms with E-state index in [2.05, 4.69) is 0 Å². The molecule has 1 aliphatic rings. The zero-order valence-electron chi connectivity index (χ0n) is 9.91. The second-order valence-electron chi connectivity index (χ2n) is 3.88. The number of benzene rings is 1. The van der Waals surface area contributed by atoms with E-state index in [0.717, 1.165) is 6.08 Å². The smallest absolute Gasteiger partial charge is 0.328 e. The summed E-state index contributed by atoms with van der Waals surface area (Å²) in [6, 6.07) is 6.59. The van der Waals surface area contributed by atoms with Gasteiger partial charge in [0.05, 0.1) is 17.2 Å². The van der Waals surface area contributed by atoms with Crippen molar-refractivity contribution >= 4 is 41.3 Å². The van der Waals surface area contributed by atoms with Crippen LogP contribution in [-0.2, 0) is 14.4 Å². The van der Waals surface area contributed by atoms with Crippen LogP contribution in [0.3, 0.4) is 0 Å². The van der Waals surface area contributed by atoms with Gasteiger partial charge in [0.25, 0.3) is 0 Å². The lowest BCUT2D eigenvalue weighted by molar-refractivity contribution is -0.131. The van der Waals surface area contributed by atoms with E-state index >= 15 is 0 Å². The van der Waals surface area contributed by atoms with Crippen molar-refractivity contribution in [3.8, 4) is 0 Å². The van der Waals surface area contributed by atoms with Crippen molar-refractivity contribution in [2.24, 2.45) is 0 Å². The Morgan fingerprint density at radius 1 is 1.16 bits per heavy atom. The number of carboxylic acid groups (broad SMARTS) is 1. The summed E-state index contributed by atoms with van der Waals surface area (Å²) in [4.78, 5) is 34.9. The molecule has 2 rings (SSSR count). The molecule has 0 atom stereocenters. The van der Waals surface area contributed by atoms with Gasteiger partial charge in [-0.15, -0.1) is 11.8 Å². The number of amides is 2. The fraction of sp³-hybridized carbons (Fsp3) is 0.154. The van der Waals surface area contributed by atoms with Gasteiger partial charge >= 0.3 is 5.97 Å². The Bertz CT molecular complexity index is 534. The number of aliphatic carboxylic acids is 1. The van der Waals surface area contributed by atoms with Crippen molar-refractivity contribution in [3.63, 3.8) is 0 Å². The second-order valence-corrected chi connectivity index (χ2v) is 4.86. The maximum absolute atomic E-state index is 11.7. The molecule has 5 nitrogen and oxygen atoms in total. The van der Waals surface area contributed by atoms with E-state index in [1.807, 2.05) is 0 Å². The SMILES string of the molecule is O=C(O)/C=C/c1ccc(N2C(=O)CSCC2=O)cc1. The number of carbonyl (C=O) groups excluding carboxylic acids is 2. The average Bonchev–Trinajstić information content (AvgIpc) is 2.37. The Morgan fingerprint density at radius 3 is 2.26 bits per heavy atom. The maximum atomic E-state index is 11.7. The normalized spacial score (nSPS) is 16.1. The van der Waals surface area contributed by atoms with Gasteiger partial charge in [0.15, 0.2) is 0 Å². The fourth-order valence-corrected chi connectivity index (χ4v) is 2.39. The van der Waals surface area contributed by atoms with E-state index < -0.39 is 5.97 Å². The van der Waals surface area contributed by atoms with E-state index in [4.69, 9.17) is 5.11 Å². The van der Waals surface area contributed by atoms with E-state index in [1.54, 1.807) is 24.3 Å². The number of anilines is 1. The predicted molar refractivity (Wildman–Crippen MR) is 72.9 cm³/mol. The first-order valence-corrected chi connectivity index (χ1v) is 6.68. The van der Waals surface area contributed by atoms with Crippen molar-refractivity contribution < 1.29 is 19.5 Å². The molecule has 0 aliphatic carbocycles. The molecule has 0 saturated carbocycles.